The zero-order valence-electron chi connectivity index (χ0n) is 5.59. The van der Waals surface area contributed by atoms with Gasteiger partial charge in [0, 0.05) is 13.7 Å². The summed E-state index contributed by atoms with van der Waals surface area (Å²) >= 11 is 0. The van der Waals surface area contributed by atoms with Gasteiger partial charge in [0.25, 0.3) is 0 Å². The summed E-state index contributed by atoms with van der Waals surface area (Å²) in [5, 5.41) is 0. The quantitative estimate of drug-likeness (QED) is 0.312. The van der Waals surface area contributed by atoms with Crippen molar-refractivity contribution in [2.45, 2.75) is 12.8 Å². The lowest BCUT2D eigenvalue weighted by Crippen LogP contribution is -1.89. The first kappa shape index (κ1) is 8.34. The van der Waals surface area contributed by atoms with E-state index < -0.39 is 0 Å². The zero-order valence-corrected chi connectivity index (χ0v) is 5.59. The van der Waals surface area contributed by atoms with Crippen LogP contribution >= 0.6 is 0 Å². The van der Waals surface area contributed by atoms with Crippen LogP contribution in [0.4, 0.5) is 0 Å². The Morgan fingerprint density at radius 1 is 1.56 bits per heavy atom. The molecular formula is C6H11NO2. The van der Waals surface area contributed by atoms with Crippen LogP contribution in [0.25, 0.3) is 0 Å². The fourth-order valence-electron chi connectivity index (χ4n) is 0.483. The number of isocyanates is 1. The van der Waals surface area contributed by atoms with Crippen LogP contribution in [0.3, 0.4) is 0 Å². The summed E-state index contributed by atoms with van der Waals surface area (Å²) in [6.07, 6.45) is 3.34. The highest BCUT2D eigenvalue weighted by atomic mass is 16.5. The molecule has 0 heterocycles. The number of nitrogens with zero attached hydrogens (tertiary/aromatic N) is 1. The van der Waals surface area contributed by atoms with Crippen LogP contribution < -0.4 is 0 Å². The van der Waals surface area contributed by atoms with Crippen molar-refractivity contribution in [3.63, 3.8) is 0 Å². The number of aliphatic imine (C=N–C) groups is 1. The van der Waals surface area contributed by atoms with Crippen molar-refractivity contribution in [1.82, 2.24) is 0 Å². The molecule has 0 aliphatic rings. The lowest BCUT2D eigenvalue weighted by atomic mass is 10.3. The summed E-state index contributed by atoms with van der Waals surface area (Å²) in [7, 11) is 1.66. The average Bonchev–Trinajstić information content (AvgIpc) is 1.89. The van der Waals surface area contributed by atoms with E-state index in [9.17, 15) is 4.79 Å². The highest BCUT2D eigenvalue weighted by molar-refractivity contribution is 5.32. The lowest BCUT2D eigenvalue weighted by Gasteiger charge is -1.92. The summed E-state index contributed by atoms with van der Waals surface area (Å²) < 4.78 is 4.78. The summed E-state index contributed by atoms with van der Waals surface area (Å²) in [6, 6.07) is 0. The number of hydrogen-bond donors (Lipinski definition) is 0. The van der Waals surface area contributed by atoms with Crippen molar-refractivity contribution in [1.29, 1.82) is 0 Å². The molecule has 0 saturated carbocycles. The molecule has 52 valence electrons. The summed E-state index contributed by atoms with van der Waals surface area (Å²) in [5.41, 5.74) is 0. The predicted molar refractivity (Wildman–Crippen MR) is 34.1 cm³/mol. The molecule has 0 bridgehead atoms. The molecule has 0 unspecified atom stereocenters. The van der Waals surface area contributed by atoms with Gasteiger partial charge in [-0.3, -0.25) is 0 Å². The van der Waals surface area contributed by atoms with Gasteiger partial charge in [-0.15, -0.1) is 0 Å². The topological polar surface area (TPSA) is 38.7 Å². The van der Waals surface area contributed by atoms with E-state index in [1.165, 1.54) is 6.08 Å². The van der Waals surface area contributed by atoms with Crippen LogP contribution in [0.5, 0.6) is 0 Å². The van der Waals surface area contributed by atoms with E-state index in [2.05, 4.69) is 4.99 Å². The molecular weight excluding hydrogens is 118 g/mol. The Morgan fingerprint density at radius 2 is 2.33 bits per heavy atom. The first-order valence-corrected chi connectivity index (χ1v) is 2.94. The van der Waals surface area contributed by atoms with Gasteiger partial charge in [0.1, 0.15) is 0 Å². The Morgan fingerprint density at radius 3 is 2.89 bits per heavy atom. The Hall–Kier alpha value is -0.660. The Labute approximate surface area is 54.7 Å². The van der Waals surface area contributed by atoms with Crippen LogP contribution in [0.2, 0.25) is 0 Å². The normalized spacial score (nSPS) is 8.56. The number of hydrogen-bond acceptors (Lipinski definition) is 3. The van der Waals surface area contributed by atoms with Gasteiger partial charge in [-0.1, -0.05) is 0 Å². The van der Waals surface area contributed by atoms with Gasteiger partial charge in [0.2, 0.25) is 6.08 Å². The fraction of sp³-hybridized carbons (Fsp3) is 0.833. The molecule has 0 aliphatic carbocycles. The average molecular weight is 129 g/mol. The monoisotopic (exact) mass is 129 g/mol. The fourth-order valence-corrected chi connectivity index (χ4v) is 0.483. The maximum absolute atomic E-state index is 9.51. The first-order chi connectivity index (χ1) is 4.41. The van der Waals surface area contributed by atoms with Crippen molar-refractivity contribution in [3.05, 3.63) is 0 Å². The van der Waals surface area contributed by atoms with Gasteiger partial charge in [-0.2, -0.15) is 0 Å². The second kappa shape index (κ2) is 7.34. The molecule has 0 aromatic carbocycles. The molecule has 0 amide bonds. The second-order valence-corrected chi connectivity index (χ2v) is 1.67. The van der Waals surface area contributed by atoms with Crippen molar-refractivity contribution < 1.29 is 9.53 Å². The summed E-state index contributed by atoms with van der Waals surface area (Å²) in [4.78, 5) is 12.9. The number of carbonyl (C=O) groups excluding carboxylic acids is 1. The van der Waals surface area contributed by atoms with Gasteiger partial charge in [-0.05, 0) is 12.8 Å². The van der Waals surface area contributed by atoms with Gasteiger partial charge < -0.3 is 4.74 Å². The molecule has 0 atom stereocenters. The summed E-state index contributed by atoms with van der Waals surface area (Å²) in [5.74, 6) is 0. The van der Waals surface area contributed by atoms with Crippen molar-refractivity contribution >= 4 is 6.08 Å². The molecule has 3 heteroatoms. The molecule has 0 aromatic heterocycles. The first-order valence-electron chi connectivity index (χ1n) is 2.94. The zero-order chi connectivity index (χ0) is 6.95. The maximum atomic E-state index is 9.51. The minimum atomic E-state index is 0.576. The molecule has 3 nitrogen and oxygen atoms in total. The number of rotatable bonds is 5. The van der Waals surface area contributed by atoms with Crippen molar-refractivity contribution in [2.24, 2.45) is 4.99 Å². The lowest BCUT2D eigenvalue weighted by molar-refractivity contribution is 0.193. The highest BCUT2D eigenvalue weighted by Crippen LogP contribution is 1.87. The van der Waals surface area contributed by atoms with E-state index in [0.29, 0.717) is 6.54 Å². The van der Waals surface area contributed by atoms with E-state index in [-0.39, 0.29) is 0 Å². The molecule has 0 aliphatic heterocycles. The molecule has 0 fully saturated rings. The van der Waals surface area contributed by atoms with Gasteiger partial charge >= 0.3 is 0 Å². The minimum Gasteiger partial charge on any atom is -0.385 e. The third-order valence-electron chi connectivity index (χ3n) is 0.933. The van der Waals surface area contributed by atoms with E-state index in [0.717, 1.165) is 19.4 Å². The third-order valence-corrected chi connectivity index (χ3v) is 0.933. The number of unbranched alkanes of at least 4 members (excludes halogenated alkanes) is 1. The largest absolute Gasteiger partial charge is 0.385 e. The van der Waals surface area contributed by atoms with Gasteiger partial charge in [0.15, 0.2) is 0 Å². The van der Waals surface area contributed by atoms with Crippen molar-refractivity contribution in [3.8, 4) is 0 Å². The molecule has 9 heavy (non-hydrogen) atoms. The smallest absolute Gasteiger partial charge is 0.234 e. The van der Waals surface area contributed by atoms with E-state index in [1.807, 2.05) is 0 Å². The number of ether oxygens (including phenoxy) is 1. The van der Waals surface area contributed by atoms with Crippen LogP contribution in [-0.4, -0.2) is 26.3 Å². The van der Waals surface area contributed by atoms with Crippen LogP contribution in [0, 0.1) is 0 Å². The molecule has 0 rings (SSSR count). The van der Waals surface area contributed by atoms with Crippen LogP contribution in [-0.2, 0) is 9.53 Å². The SMILES string of the molecule is COCCCCN=C=O. The molecule has 0 saturated heterocycles. The predicted octanol–water partition coefficient (Wildman–Crippen LogP) is 0.749. The summed E-state index contributed by atoms with van der Waals surface area (Å²) in [6.45, 7) is 1.32. The highest BCUT2D eigenvalue weighted by Gasteiger charge is 1.83. The molecule has 0 spiro atoms. The van der Waals surface area contributed by atoms with E-state index >= 15 is 0 Å². The third kappa shape index (κ3) is 7.34. The van der Waals surface area contributed by atoms with Gasteiger partial charge in [0.05, 0.1) is 6.54 Å². The van der Waals surface area contributed by atoms with Crippen LogP contribution in [0.15, 0.2) is 4.99 Å². The van der Waals surface area contributed by atoms with Crippen LogP contribution in [0.1, 0.15) is 12.8 Å². The second-order valence-electron chi connectivity index (χ2n) is 1.67. The van der Waals surface area contributed by atoms with E-state index in [4.69, 9.17) is 4.74 Å². The number of methoxy groups -OCH3 is 1. The van der Waals surface area contributed by atoms with Gasteiger partial charge in [-0.25, -0.2) is 9.79 Å². The Bertz CT molecular complexity index is 97.2. The molecule has 0 radical (unpaired) electrons. The van der Waals surface area contributed by atoms with Crippen molar-refractivity contribution in [2.75, 3.05) is 20.3 Å². The Kier molecular flexibility index (Phi) is 6.80. The molecule has 0 N–H and O–H groups in total. The minimum absolute atomic E-state index is 0.576. The van der Waals surface area contributed by atoms with E-state index in [1.54, 1.807) is 7.11 Å². The molecule has 0 aromatic rings. The standard InChI is InChI=1S/C6H11NO2/c1-9-5-3-2-4-7-6-8/h2-5H2,1H3. The Balaban J connectivity index is 2.82. The maximum Gasteiger partial charge on any atom is 0.234 e.